The maximum Gasteiger partial charge on any atom is 0.246 e. The third-order valence-corrected chi connectivity index (χ3v) is 4.48. The van der Waals surface area contributed by atoms with Crippen LogP contribution in [-0.2, 0) is 4.79 Å². The number of nitrogens with zero attached hydrogens (tertiary/aromatic N) is 3. The molecule has 3 aliphatic rings. The Morgan fingerprint density at radius 2 is 2.26 bits per heavy atom. The number of aliphatic imine (C=N–C) groups is 1. The molecule has 2 fully saturated rings. The fraction of sp³-hybridized carbons (Fsp3) is 0.733. The van der Waals surface area contributed by atoms with E-state index in [1.54, 1.807) is 0 Å². The predicted molar refractivity (Wildman–Crippen MR) is 76.1 cm³/mol. The first-order chi connectivity index (χ1) is 9.03. The highest BCUT2D eigenvalue weighted by Crippen LogP contribution is 2.40. The molecule has 2 aliphatic heterocycles. The van der Waals surface area contributed by atoms with Gasteiger partial charge in [-0.25, -0.2) is 0 Å². The van der Waals surface area contributed by atoms with Crippen LogP contribution >= 0.6 is 0 Å². The van der Waals surface area contributed by atoms with Gasteiger partial charge in [0.2, 0.25) is 5.91 Å². The van der Waals surface area contributed by atoms with Gasteiger partial charge in [0, 0.05) is 25.0 Å². The molecule has 2 heterocycles. The number of carbonyl (C=O) groups is 1. The van der Waals surface area contributed by atoms with Crippen molar-refractivity contribution >= 4 is 11.7 Å². The Morgan fingerprint density at radius 1 is 1.53 bits per heavy atom. The van der Waals surface area contributed by atoms with Crippen LogP contribution in [-0.4, -0.2) is 53.8 Å². The van der Waals surface area contributed by atoms with Gasteiger partial charge in [-0.1, -0.05) is 20.4 Å². The number of amidine groups is 1. The fourth-order valence-corrected chi connectivity index (χ4v) is 3.29. The Labute approximate surface area is 115 Å². The van der Waals surface area contributed by atoms with Crippen LogP contribution in [0.1, 0.15) is 26.7 Å². The number of likely N-dealkylation sites (tertiary alicyclic amines) is 1. The molecule has 0 aromatic rings. The van der Waals surface area contributed by atoms with Gasteiger partial charge in [0.1, 0.15) is 5.84 Å². The Hall–Kier alpha value is -1.32. The summed E-state index contributed by atoms with van der Waals surface area (Å²) in [6, 6.07) is 0.138. The van der Waals surface area contributed by atoms with E-state index in [2.05, 4.69) is 25.3 Å². The molecule has 1 unspecified atom stereocenters. The van der Waals surface area contributed by atoms with E-state index in [9.17, 15) is 4.79 Å². The van der Waals surface area contributed by atoms with Gasteiger partial charge in [0.05, 0.1) is 12.6 Å². The maximum atomic E-state index is 11.9. The molecule has 19 heavy (non-hydrogen) atoms. The second kappa shape index (κ2) is 4.36. The Morgan fingerprint density at radius 3 is 2.84 bits per heavy atom. The van der Waals surface area contributed by atoms with E-state index in [-0.39, 0.29) is 17.4 Å². The standard InChI is InChI=1S/C15H23N3O/c1-4-12(19)18-10-15(2,3)13(18)14-16-7-8-17(14)9-11-5-6-11/h4,11,13H,1,5-10H2,2-3H3. The minimum absolute atomic E-state index is 0.0327. The number of hydrogen-bond donors (Lipinski definition) is 0. The second-order valence-electron chi connectivity index (χ2n) is 6.69. The highest BCUT2D eigenvalue weighted by atomic mass is 16.2. The number of carbonyl (C=O) groups excluding carboxylic acids is 1. The normalized spacial score (nSPS) is 28.9. The minimum atomic E-state index is 0.0327. The van der Waals surface area contributed by atoms with Crippen LogP contribution in [0.4, 0.5) is 0 Å². The first kappa shape index (κ1) is 12.7. The maximum absolute atomic E-state index is 11.9. The number of rotatable bonds is 4. The smallest absolute Gasteiger partial charge is 0.246 e. The van der Waals surface area contributed by atoms with E-state index in [4.69, 9.17) is 4.99 Å². The van der Waals surface area contributed by atoms with Gasteiger partial charge in [0.25, 0.3) is 0 Å². The summed E-state index contributed by atoms with van der Waals surface area (Å²) in [6.07, 6.45) is 4.13. The quantitative estimate of drug-likeness (QED) is 0.720. The van der Waals surface area contributed by atoms with Gasteiger partial charge in [-0.05, 0) is 24.8 Å². The zero-order valence-electron chi connectivity index (χ0n) is 11.9. The van der Waals surface area contributed by atoms with Crippen LogP contribution in [0.2, 0.25) is 0 Å². The molecule has 0 aromatic carbocycles. The van der Waals surface area contributed by atoms with Crippen molar-refractivity contribution in [3.8, 4) is 0 Å². The van der Waals surface area contributed by atoms with Crippen LogP contribution in [0, 0.1) is 11.3 Å². The number of hydrogen-bond acceptors (Lipinski definition) is 3. The summed E-state index contributed by atoms with van der Waals surface area (Å²) in [4.78, 5) is 20.9. The van der Waals surface area contributed by atoms with E-state index >= 15 is 0 Å². The Bertz CT molecular complexity index is 437. The topological polar surface area (TPSA) is 35.9 Å². The lowest BCUT2D eigenvalue weighted by atomic mass is 9.73. The summed E-state index contributed by atoms with van der Waals surface area (Å²) in [5.41, 5.74) is 0.129. The first-order valence-electron chi connectivity index (χ1n) is 7.25. The molecule has 4 nitrogen and oxygen atoms in total. The summed E-state index contributed by atoms with van der Waals surface area (Å²) >= 11 is 0. The minimum Gasteiger partial charge on any atom is -0.356 e. The largest absolute Gasteiger partial charge is 0.356 e. The van der Waals surface area contributed by atoms with Gasteiger partial charge < -0.3 is 9.80 Å². The molecule has 4 heteroatoms. The van der Waals surface area contributed by atoms with Crippen molar-refractivity contribution in [3.63, 3.8) is 0 Å². The average molecular weight is 261 g/mol. The molecule has 1 saturated carbocycles. The molecule has 0 bridgehead atoms. The van der Waals surface area contributed by atoms with Crippen LogP contribution in [0.3, 0.4) is 0 Å². The van der Waals surface area contributed by atoms with Gasteiger partial charge in [-0.15, -0.1) is 0 Å². The SMILES string of the molecule is C=CC(=O)N1CC(C)(C)C1C1=NCCN1CC1CC1. The lowest BCUT2D eigenvalue weighted by Crippen LogP contribution is -2.68. The van der Waals surface area contributed by atoms with Crippen molar-refractivity contribution in [3.05, 3.63) is 12.7 Å². The summed E-state index contributed by atoms with van der Waals surface area (Å²) < 4.78 is 0. The molecule has 0 N–H and O–H groups in total. The third kappa shape index (κ3) is 2.17. The molecule has 1 aliphatic carbocycles. The Kier molecular flexibility index (Phi) is 2.91. The zero-order valence-corrected chi connectivity index (χ0v) is 11.9. The third-order valence-electron chi connectivity index (χ3n) is 4.48. The lowest BCUT2D eigenvalue weighted by Gasteiger charge is -2.54. The lowest BCUT2D eigenvalue weighted by molar-refractivity contribution is -0.140. The van der Waals surface area contributed by atoms with E-state index in [0.717, 1.165) is 37.9 Å². The molecule has 104 valence electrons. The molecule has 1 saturated heterocycles. The summed E-state index contributed by atoms with van der Waals surface area (Å²) in [7, 11) is 0. The van der Waals surface area contributed by atoms with Crippen LogP contribution in [0.15, 0.2) is 17.6 Å². The molecule has 1 atom stereocenters. The predicted octanol–water partition coefficient (Wildman–Crippen LogP) is 1.53. The van der Waals surface area contributed by atoms with Gasteiger partial charge in [0.15, 0.2) is 0 Å². The molecule has 3 rings (SSSR count). The second-order valence-corrected chi connectivity index (χ2v) is 6.69. The monoisotopic (exact) mass is 261 g/mol. The van der Waals surface area contributed by atoms with E-state index < -0.39 is 0 Å². The summed E-state index contributed by atoms with van der Waals surface area (Å²) in [6.45, 7) is 11.9. The summed E-state index contributed by atoms with van der Waals surface area (Å²) in [5.74, 6) is 2.03. The first-order valence-corrected chi connectivity index (χ1v) is 7.25. The van der Waals surface area contributed by atoms with Crippen molar-refractivity contribution in [2.75, 3.05) is 26.2 Å². The molecule has 1 amide bonds. The number of amides is 1. The van der Waals surface area contributed by atoms with E-state index in [0.29, 0.717) is 0 Å². The van der Waals surface area contributed by atoms with Crippen LogP contribution in [0.5, 0.6) is 0 Å². The molecular formula is C15H23N3O. The fourth-order valence-electron chi connectivity index (χ4n) is 3.29. The van der Waals surface area contributed by atoms with Crippen LogP contribution in [0.25, 0.3) is 0 Å². The van der Waals surface area contributed by atoms with Crippen molar-refractivity contribution in [1.82, 2.24) is 9.80 Å². The highest BCUT2D eigenvalue weighted by molar-refractivity contribution is 5.97. The average Bonchev–Trinajstić information content (AvgIpc) is 3.07. The van der Waals surface area contributed by atoms with Crippen molar-refractivity contribution in [1.29, 1.82) is 0 Å². The van der Waals surface area contributed by atoms with Gasteiger partial charge in [-0.3, -0.25) is 9.79 Å². The van der Waals surface area contributed by atoms with E-state index in [1.165, 1.54) is 18.9 Å². The molecule has 0 radical (unpaired) electrons. The Balaban J connectivity index is 1.77. The van der Waals surface area contributed by atoms with Gasteiger partial charge in [-0.2, -0.15) is 0 Å². The van der Waals surface area contributed by atoms with Crippen molar-refractivity contribution < 1.29 is 4.79 Å². The van der Waals surface area contributed by atoms with Crippen molar-refractivity contribution in [2.45, 2.75) is 32.7 Å². The molecular weight excluding hydrogens is 238 g/mol. The molecule has 0 spiro atoms. The molecule has 0 aromatic heterocycles. The van der Waals surface area contributed by atoms with Gasteiger partial charge >= 0.3 is 0 Å². The zero-order chi connectivity index (χ0) is 13.6. The van der Waals surface area contributed by atoms with Crippen LogP contribution < -0.4 is 0 Å². The summed E-state index contributed by atoms with van der Waals surface area (Å²) in [5, 5.41) is 0. The van der Waals surface area contributed by atoms with Crippen molar-refractivity contribution in [2.24, 2.45) is 16.3 Å². The highest BCUT2D eigenvalue weighted by Gasteiger charge is 2.52. The van der Waals surface area contributed by atoms with E-state index in [1.807, 2.05) is 4.90 Å².